The van der Waals surface area contributed by atoms with Gasteiger partial charge in [-0.2, -0.15) is 0 Å². The highest BCUT2D eigenvalue weighted by Crippen LogP contribution is 2.35. The number of amides is 1. The molecule has 0 atom stereocenters. The van der Waals surface area contributed by atoms with Gasteiger partial charge in [-0.1, -0.05) is 48.9 Å². The van der Waals surface area contributed by atoms with E-state index >= 15 is 0 Å². The average molecular weight is 395 g/mol. The number of carbonyl (C=O) groups is 1. The summed E-state index contributed by atoms with van der Waals surface area (Å²) in [7, 11) is 0. The van der Waals surface area contributed by atoms with Gasteiger partial charge in [-0.3, -0.25) is 4.79 Å². The number of hydrogen-bond donors (Lipinski definition) is 1. The van der Waals surface area contributed by atoms with Crippen molar-refractivity contribution in [2.75, 3.05) is 6.61 Å². The predicted molar refractivity (Wildman–Crippen MR) is 89.3 cm³/mol. The van der Waals surface area contributed by atoms with Crippen LogP contribution in [0.25, 0.3) is 0 Å². The summed E-state index contributed by atoms with van der Waals surface area (Å²) in [6, 6.07) is 3.55. The molecule has 1 saturated carbocycles. The second kappa shape index (κ2) is 8.25. The lowest BCUT2D eigenvalue weighted by atomic mass is 10.1. The highest BCUT2D eigenvalue weighted by atomic mass is 79.9. The van der Waals surface area contributed by atoms with E-state index in [-0.39, 0.29) is 18.6 Å². The van der Waals surface area contributed by atoms with Gasteiger partial charge in [0.25, 0.3) is 5.91 Å². The summed E-state index contributed by atoms with van der Waals surface area (Å²) in [6.07, 6.45) is 6.99. The number of hydrogen-bond acceptors (Lipinski definition) is 2. The van der Waals surface area contributed by atoms with Gasteiger partial charge in [0, 0.05) is 11.1 Å². The van der Waals surface area contributed by atoms with Crippen LogP contribution in [0, 0.1) is 0 Å². The first-order valence-electron chi connectivity index (χ1n) is 7.13. The molecule has 116 valence electrons. The van der Waals surface area contributed by atoms with E-state index in [0.717, 1.165) is 12.8 Å². The normalized spacial score (nSPS) is 16.3. The van der Waals surface area contributed by atoms with Crippen LogP contribution in [0.4, 0.5) is 0 Å². The molecule has 1 N–H and O–H groups in total. The van der Waals surface area contributed by atoms with Crippen LogP contribution in [0.5, 0.6) is 5.75 Å². The molecule has 0 aliphatic heterocycles. The van der Waals surface area contributed by atoms with Crippen molar-refractivity contribution in [1.82, 2.24) is 5.32 Å². The van der Waals surface area contributed by atoms with Crippen LogP contribution in [0.1, 0.15) is 38.5 Å². The fourth-order valence-corrected chi connectivity index (χ4v) is 3.87. The molecule has 0 aromatic heterocycles. The summed E-state index contributed by atoms with van der Waals surface area (Å²) in [5, 5.41) is 3.93. The second-order valence-electron chi connectivity index (χ2n) is 5.24. The van der Waals surface area contributed by atoms with Gasteiger partial charge < -0.3 is 10.1 Å². The van der Waals surface area contributed by atoms with E-state index in [4.69, 9.17) is 27.9 Å². The largest absolute Gasteiger partial charge is 0.481 e. The molecule has 0 bridgehead atoms. The lowest BCUT2D eigenvalue weighted by molar-refractivity contribution is -0.123. The number of rotatable bonds is 4. The Kier molecular flexibility index (Phi) is 6.65. The molecule has 1 aromatic rings. The molecule has 1 aliphatic carbocycles. The van der Waals surface area contributed by atoms with E-state index in [2.05, 4.69) is 21.2 Å². The van der Waals surface area contributed by atoms with E-state index < -0.39 is 0 Å². The first-order valence-corrected chi connectivity index (χ1v) is 8.68. The molecular formula is C15H18BrCl2NO2. The molecule has 2 rings (SSSR count). The Morgan fingerprint density at radius 3 is 2.52 bits per heavy atom. The van der Waals surface area contributed by atoms with Gasteiger partial charge in [0.2, 0.25) is 0 Å². The van der Waals surface area contributed by atoms with Crippen molar-refractivity contribution in [3.05, 3.63) is 26.7 Å². The topological polar surface area (TPSA) is 38.3 Å². The molecule has 1 amide bonds. The van der Waals surface area contributed by atoms with Gasteiger partial charge >= 0.3 is 0 Å². The lowest BCUT2D eigenvalue weighted by Crippen LogP contribution is -2.37. The lowest BCUT2D eigenvalue weighted by Gasteiger charge is -2.17. The Hall–Kier alpha value is -0.450. The van der Waals surface area contributed by atoms with Crippen molar-refractivity contribution in [1.29, 1.82) is 0 Å². The number of nitrogens with one attached hydrogen (secondary N) is 1. The van der Waals surface area contributed by atoms with Crippen LogP contribution < -0.4 is 10.1 Å². The minimum atomic E-state index is -0.111. The van der Waals surface area contributed by atoms with E-state index in [9.17, 15) is 4.79 Å². The van der Waals surface area contributed by atoms with Gasteiger partial charge in [-0.15, -0.1) is 0 Å². The van der Waals surface area contributed by atoms with E-state index in [1.807, 2.05) is 0 Å². The van der Waals surface area contributed by atoms with Crippen LogP contribution in [0.15, 0.2) is 16.6 Å². The third-order valence-electron chi connectivity index (χ3n) is 3.53. The number of carbonyl (C=O) groups excluding carboxylic acids is 1. The maximum absolute atomic E-state index is 12.0. The predicted octanol–water partition coefficient (Wildman–Crippen LogP) is 4.97. The third-order valence-corrected chi connectivity index (χ3v) is 4.62. The molecule has 6 heteroatoms. The molecule has 0 saturated heterocycles. The van der Waals surface area contributed by atoms with Crippen molar-refractivity contribution in [2.24, 2.45) is 0 Å². The SMILES string of the molecule is O=C(COc1c(Cl)cc(Cl)cc1Br)NC1CCCCCC1. The summed E-state index contributed by atoms with van der Waals surface area (Å²) in [5.74, 6) is 0.330. The highest BCUT2D eigenvalue weighted by molar-refractivity contribution is 9.10. The zero-order valence-electron chi connectivity index (χ0n) is 11.6. The molecular weight excluding hydrogens is 377 g/mol. The van der Waals surface area contributed by atoms with Crippen LogP contribution in [0.3, 0.4) is 0 Å². The van der Waals surface area contributed by atoms with Gasteiger partial charge in [0.1, 0.15) is 0 Å². The summed E-state index contributed by atoms with van der Waals surface area (Å²) >= 11 is 15.3. The van der Waals surface area contributed by atoms with Crippen molar-refractivity contribution in [3.63, 3.8) is 0 Å². The zero-order chi connectivity index (χ0) is 15.2. The second-order valence-corrected chi connectivity index (χ2v) is 6.94. The van der Waals surface area contributed by atoms with Crippen LogP contribution in [0.2, 0.25) is 10.0 Å². The fraction of sp³-hybridized carbons (Fsp3) is 0.533. The summed E-state index contributed by atoms with van der Waals surface area (Å²) in [6.45, 7) is -0.0452. The monoisotopic (exact) mass is 393 g/mol. The van der Waals surface area contributed by atoms with Gasteiger partial charge in [-0.25, -0.2) is 0 Å². The molecule has 1 fully saturated rings. The molecule has 0 radical (unpaired) electrons. The summed E-state index contributed by atoms with van der Waals surface area (Å²) in [4.78, 5) is 12.0. The third kappa shape index (κ3) is 5.35. The minimum absolute atomic E-state index is 0.0452. The Morgan fingerprint density at radius 2 is 1.90 bits per heavy atom. The maximum Gasteiger partial charge on any atom is 0.258 e. The smallest absolute Gasteiger partial charge is 0.258 e. The quantitative estimate of drug-likeness (QED) is 0.731. The average Bonchev–Trinajstić information content (AvgIpc) is 2.66. The van der Waals surface area contributed by atoms with Gasteiger partial charge in [0.05, 0.1) is 9.50 Å². The van der Waals surface area contributed by atoms with E-state index in [1.165, 1.54) is 25.7 Å². The van der Waals surface area contributed by atoms with Crippen molar-refractivity contribution in [2.45, 2.75) is 44.6 Å². The molecule has 0 spiro atoms. The molecule has 21 heavy (non-hydrogen) atoms. The van der Waals surface area contributed by atoms with E-state index in [0.29, 0.717) is 20.3 Å². The maximum atomic E-state index is 12.0. The molecule has 1 aliphatic rings. The highest BCUT2D eigenvalue weighted by Gasteiger charge is 2.16. The fourth-order valence-electron chi connectivity index (χ4n) is 2.50. The van der Waals surface area contributed by atoms with Crippen LogP contribution in [-0.4, -0.2) is 18.6 Å². The number of benzene rings is 1. The Balaban J connectivity index is 1.86. The van der Waals surface area contributed by atoms with Crippen molar-refractivity contribution >= 4 is 45.0 Å². The van der Waals surface area contributed by atoms with Gasteiger partial charge in [-0.05, 0) is 40.9 Å². The molecule has 3 nitrogen and oxygen atoms in total. The Labute approximate surface area is 143 Å². The van der Waals surface area contributed by atoms with Gasteiger partial charge in [0.15, 0.2) is 12.4 Å². The first-order chi connectivity index (χ1) is 10.1. The Bertz CT molecular complexity index is 479. The minimum Gasteiger partial charge on any atom is -0.481 e. The van der Waals surface area contributed by atoms with Crippen LogP contribution >= 0.6 is 39.1 Å². The van der Waals surface area contributed by atoms with Crippen molar-refractivity contribution in [3.8, 4) is 5.75 Å². The summed E-state index contributed by atoms with van der Waals surface area (Å²) < 4.78 is 6.15. The first kappa shape index (κ1) is 16.9. The molecule has 0 heterocycles. The molecule has 1 aromatic carbocycles. The Morgan fingerprint density at radius 1 is 1.24 bits per heavy atom. The van der Waals surface area contributed by atoms with Crippen LogP contribution in [-0.2, 0) is 4.79 Å². The zero-order valence-corrected chi connectivity index (χ0v) is 14.7. The van der Waals surface area contributed by atoms with E-state index in [1.54, 1.807) is 12.1 Å². The number of ether oxygens (including phenoxy) is 1. The number of halogens is 3. The summed E-state index contributed by atoms with van der Waals surface area (Å²) in [5.41, 5.74) is 0. The van der Waals surface area contributed by atoms with Crippen molar-refractivity contribution < 1.29 is 9.53 Å². The standard InChI is InChI=1S/C15H18BrCl2NO2/c16-12-7-10(17)8-13(18)15(12)21-9-14(20)19-11-5-3-1-2-4-6-11/h7-8,11H,1-6,9H2,(H,19,20). The molecule has 0 unspecified atom stereocenters.